The highest BCUT2D eigenvalue weighted by Crippen LogP contribution is 2.25. The smallest absolute Gasteiger partial charge is 0.250 e. The normalized spacial score (nSPS) is 18.1. The van der Waals surface area contributed by atoms with Crippen LogP contribution in [-0.2, 0) is 4.74 Å². The molecule has 0 aliphatic carbocycles. The van der Waals surface area contributed by atoms with Gasteiger partial charge in [-0.05, 0) is 41.5 Å². The largest absolute Gasteiger partial charge is 0.372 e. The Balaban J connectivity index is 1.63. The molecule has 0 spiro atoms. The highest BCUT2D eigenvalue weighted by molar-refractivity contribution is 5.42. The molecule has 0 saturated carbocycles. The second-order valence-electron chi connectivity index (χ2n) is 6.30. The second kappa shape index (κ2) is 7.03. The van der Waals surface area contributed by atoms with Gasteiger partial charge in [0.15, 0.2) is 0 Å². The van der Waals surface area contributed by atoms with E-state index >= 15 is 0 Å². The van der Waals surface area contributed by atoms with E-state index in [1.807, 2.05) is 30.3 Å². The molecular formula is C19H21N5O. The number of aryl methyl sites for hydroxylation is 1. The van der Waals surface area contributed by atoms with Crippen molar-refractivity contribution in [1.29, 1.82) is 0 Å². The fraction of sp³-hybridized carbons (Fsp3) is 0.316. The van der Waals surface area contributed by atoms with E-state index in [1.54, 1.807) is 4.68 Å². The van der Waals surface area contributed by atoms with E-state index in [9.17, 15) is 0 Å². The van der Waals surface area contributed by atoms with Crippen LogP contribution in [0.2, 0.25) is 0 Å². The first-order valence-electron chi connectivity index (χ1n) is 8.58. The maximum atomic E-state index is 6.06. The van der Waals surface area contributed by atoms with Crippen molar-refractivity contribution < 1.29 is 4.74 Å². The lowest BCUT2D eigenvalue weighted by molar-refractivity contribution is 0.0686. The number of hydrogen-bond acceptors (Lipinski definition) is 5. The Morgan fingerprint density at radius 2 is 1.84 bits per heavy atom. The van der Waals surface area contributed by atoms with E-state index in [-0.39, 0.29) is 6.10 Å². The van der Waals surface area contributed by atoms with Crippen LogP contribution < -0.4 is 4.90 Å². The summed E-state index contributed by atoms with van der Waals surface area (Å²) in [4.78, 5) is 2.21. The number of hydrogen-bond donors (Lipinski definition) is 0. The molecule has 1 saturated heterocycles. The molecular weight excluding hydrogens is 314 g/mol. The van der Waals surface area contributed by atoms with Gasteiger partial charge in [-0.2, -0.15) is 4.68 Å². The standard InChI is InChI=1S/C19H21N5O/c1-15-8-10-17(11-9-15)24-19(20-21-22-24)23-12-5-13-25-18(14-23)16-6-3-2-4-7-16/h2-4,6-11,18H,5,12-14H2,1H3. The monoisotopic (exact) mass is 335 g/mol. The van der Waals surface area contributed by atoms with E-state index in [0.717, 1.165) is 37.8 Å². The van der Waals surface area contributed by atoms with Gasteiger partial charge >= 0.3 is 0 Å². The van der Waals surface area contributed by atoms with E-state index in [4.69, 9.17) is 4.74 Å². The zero-order chi connectivity index (χ0) is 17.1. The topological polar surface area (TPSA) is 56.1 Å². The number of anilines is 1. The van der Waals surface area contributed by atoms with Crippen LogP contribution in [0.3, 0.4) is 0 Å². The van der Waals surface area contributed by atoms with Crippen LogP contribution in [0, 0.1) is 6.92 Å². The minimum atomic E-state index is 0.0202. The van der Waals surface area contributed by atoms with Crippen LogP contribution in [-0.4, -0.2) is 39.9 Å². The van der Waals surface area contributed by atoms with Gasteiger partial charge in [0.2, 0.25) is 5.95 Å². The molecule has 6 heteroatoms. The SMILES string of the molecule is Cc1ccc(-n2nnnc2N2CCCOC(c3ccccc3)C2)cc1. The molecule has 1 aliphatic rings. The third-order valence-electron chi connectivity index (χ3n) is 4.46. The zero-order valence-electron chi connectivity index (χ0n) is 14.2. The first-order valence-corrected chi connectivity index (χ1v) is 8.58. The lowest BCUT2D eigenvalue weighted by Gasteiger charge is -2.24. The third kappa shape index (κ3) is 3.39. The first kappa shape index (κ1) is 15.8. The van der Waals surface area contributed by atoms with E-state index in [2.05, 4.69) is 51.6 Å². The molecule has 0 radical (unpaired) electrons. The summed E-state index contributed by atoms with van der Waals surface area (Å²) in [6.07, 6.45) is 0.969. The van der Waals surface area contributed by atoms with Gasteiger partial charge in [0.05, 0.1) is 12.2 Å². The third-order valence-corrected chi connectivity index (χ3v) is 4.46. The molecule has 1 unspecified atom stereocenters. The van der Waals surface area contributed by atoms with Crippen LogP contribution in [0.4, 0.5) is 5.95 Å². The van der Waals surface area contributed by atoms with Crippen LogP contribution in [0.15, 0.2) is 54.6 Å². The maximum Gasteiger partial charge on any atom is 0.250 e. The molecule has 2 aromatic carbocycles. The Kier molecular flexibility index (Phi) is 4.43. The van der Waals surface area contributed by atoms with Gasteiger partial charge in [-0.3, -0.25) is 0 Å². The Hall–Kier alpha value is -2.73. The van der Waals surface area contributed by atoms with Crippen LogP contribution >= 0.6 is 0 Å². The molecule has 3 aromatic rings. The van der Waals surface area contributed by atoms with Gasteiger partial charge in [-0.25, -0.2) is 0 Å². The van der Waals surface area contributed by atoms with E-state index < -0.39 is 0 Å². The van der Waals surface area contributed by atoms with E-state index in [1.165, 1.54) is 11.1 Å². The molecule has 25 heavy (non-hydrogen) atoms. The zero-order valence-corrected chi connectivity index (χ0v) is 14.2. The van der Waals surface area contributed by atoms with Crippen molar-refractivity contribution in [3.63, 3.8) is 0 Å². The Morgan fingerprint density at radius 3 is 2.64 bits per heavy atom. The summed E-state index contributed by atoms with van der Waals surface area (Å²) < 4.78 is 7.86. The molecule has 6 nitrogen and oxygen atoms in total. The lowest BCUT2D eigenvalue weighted by Crippen LogP contribution is -2.30. The van der Waals surface area contributed by atoms with Gasteiger partial charge in [-0.1, -0.05) is 53.1 Å². The second-order valence-corrected chi connectivity index (χ2v) is 6.30. The van der Waals surface area contributed by atoms with Gasteiger partial charge in [-0.15, -0.1) is 0 Å². The van der Waals surface area contributed by atoms with Crippen molar-refractivity contribution in [1.82, 2.24) is 20.2 Å². The quantitative estimate of drug-likeness (QED) is 0.736. The minimum absolute atomic E-state index is 0.0202. The number of nitrogens with zero attached hydrogens (tertiary/aromatic N) is 5. The van der Waals surface area contributed by atoms with Crippen molar-refractivity contribution in [2.24, 2.45) is 0 Å². The molecule has 1 aromatic heterocycles. The number of ether oxygens (including phenoxy) is 1. The summed E-state index contributed by atoms with van der Waals surface area (Å²) in [5.74, 6) is 0.760. The molecule has 0 amide bonds. The Bertz CT molecular complexity index is 815. The van der Waals surface area contributed by atoms with Crippen molar-refractivity contribution >= 4 is 5.95 Å². The van der Waals surface area contributed by atoms with Crippen LogP contribution in [0.5, 0.6) is 0 Å². The molecule has 4 rings (SSSR count). The first-order chi connectivity index (χ1) is 12.3. The predicted molar refractivity (Wildman–Crippen MR) is 95.9 cm³/mol. The predicted octanol–water partition coefficient (Wildman–Crippen LogP) is 2.94. The molecule has 1 fully saturated rings. The molecule has 0 N–H and O–H groups in total. The molecule has 1 aliphatic heterocycles. The highest BCUT2D eigenvalue weighted by atomic mass is 16.5. The fourth-order valence-corrected chi connectivity index (χ4v) is 3.11. The average molecular weight is 335 g/mol. The summed E-state index contributed by atoms with van der Waals surface area (Å²) in [6.45, 7) is 4.41. The summed E-state index contributed by atoms with van der Waals surface area (Å²) >= 11 is 0. The highest BCUT2D eigenvalue weighted by Gasteiger charge is 2.24. The summed E-state index contributed by atoms with van der Waals surface area (Å²) in [6, 6.07) is 18.5. The molecule has 1 atom stereocenters. The lowest BCUT2D eigenvalue weighted by atomic mass is 10.1. The Labute approximate surface area is 147 Å². The van der Waals surface area contributed by atoms with Gasteiger partial charge < -0.3 is 9.64 Å². The van der Waals surface area contributed by atoms with Gasteiger partial charge in [0.1, 0.15) is 6.10 Å². The minimum Gasteiger partial charge on any atom is -0.372 e. The van der Waals surface area contributed by atoms with Crippen LogP contribution in [0.25, 0.3) is 5.69 Å². The van der Waals surface area contributed by atoms with Gasteiger partial charge in [0, 0.05) is 13.2 Å². The number of aromatic nitrogens is 4. The van der Waals surface area contributed by atoms with E-state index in [0.29, 0.717) is 0 Å². The summed E-state index contributed by atoms with van der Waals surface area (Å²) in [5.41, 5.74) is 3.36. The maximum absolute atomic E-state index is 6.06. The molecule has 0 bridgehead atoms. The fourth-order valence-electron chi connectivity index (χ4n) is 3.11. The van der Waals surface area contributed by atoms with Crippen LogP contribution in [0.1, 0.15) is 23.7 Å². The Morgan fingerprint density at radius 1 is 1.04 bits per heavy atom. The number of rotatable bonds is 3. The van der Waals surface area contributed by atoms with Crippen molar-refractivity contribution in [2.45, 2.75) is 19.4 Å². The molecule has 2 heterocycles. The summed E-state index contributed by atoms with van der Waals surface area (Å²) in [5, 5.41) is 12.4. The van der Waals surface area contributed by atoms with Gasteiger partial charge in [0.25, 0.3) is 0 Å². The summed E-state index contributed by atoms with van der Waals surface area (Å²) in [7, 11) is 0. The number of tetrazole rings is 1. The van der Waals surface area contributed by atoms with Crippen molar-refractivity contribution in [3.05, 3.63) is 65.7 Å². The average Bonchev–Trinajstić information content (AvgIpc) is 3.01. The number of benzene rings is 2. The van der Waals surface area contributed by atoms with Crippen molar-refractivity contribution in [2.75, 3.05) is 24.6 Å². The van der Waals surface area contributed by atoms with Crippen molar-refractivity contribution in [3.8, 4) is 5.69 Å². The molecule has 128 valence electrons.